The molecule has 0 radical (unpaired) electrons. The second-order valence-electron chi connectivity index (χ2n) is 4.04. The van der Waals surface area contributed by atoms with Gasteiger partial charge in [0.05, 0.1) is 20.8 Å². The molecule has 0 N–H and O–H groups in total. The number of nitrogens with zero attached hydrogens (tertiary/aromatic N) is 3. The van der Waals surface area contributed by atoms with Crippen molar-refractivity contribution in [3.8, 4) is 11.5 Å². The number of pyridine rings is 1. The van der Waals surface area contributed by atoms with Crippen LogP contribution in [0.2, 0.25) is 0 Å². The number of rotatable bonds is 4. The van der Waals surface area contributed by atoms with Crippen LogP contribution in [0.4, 0.5) is 0 Å². The normalized spacial score (nSPS) is 10.4. The maximum absolute atomic E-state index is 12.1. The average molecular weight is 340 g/mol. The van der Waals surface area contributed by atoms with Crippen molar-refractivity contribution in [1.29, 1.82) is 0 Å². The standard InChI is InChI=1S/C13H14BrN3O3/c1-8-16-6-9(14)13(18)17(8)7-10-12(20-3)11(19-2)4-5-15-10/h4-6H,7H2,1-3H3. The van der Waals surface area contributed by atoms with E-state index in [-0.39, 0.29) is 12.1 Å². The van der Waals surface area contributed by atoms with Crippen LogP contribution >= 0.6 is 15.9 Å². The zero-order chi connectivity index (χ0) is 14.7. The fourth-order valence-corrected chi connectivity index (χ4v) is 2.17. The third-order valence-corrected chi connectivity index (χ3v) is 3.42. The molecule has 0 aliphatic heterocycles. The molecule has 6 nitrogen and oxygen atoms in total. The first kappa shape index (κ1) is 14.5. The number of methoxy groups -OCH3 is 2. The van der Waals surface area contributed by atoms with Crippen LogP contribution in [-0.2, 0) is 6.54 Å². The van der Waals surface area contributed by atoms with E-state index in [4.69, 9.17) is 9.47 Å². The number of hydrogen-bond donors (Lipinski definition) is 0. The van der Waals surface area contributed by atoms with Crippen molar-refractivity contribution in [2.24, 2.45) is 0 Å². The first-order valence-electron chi connectivity index (χ1n) is 5.86. The van der Waals surface area contributed by atoms with Crippen molar-refractivity contribution >= 4 is 15.9 Å². The molecule has 0 aromatic carbocycles. The Morgan fingerprint density at radius 2 is 2.05 bits per heavy atom. The van der Waals surface area contributed by atoms with E-state index in [1.165, 1.54) is 17.9 Å². The number of hydrogen-bond acceptors (Lipinski definition) is 5. The lowest BCUT2D eigenvalue weighted by Crippen LogP contribution is -2.25. The molecule has 2 rings (SSSR count). The average Bonchev–Trinajstić information content (AvgIpc) is 2.47. The fourth-order valence-electron chi connectivity index (χ4n) is 1.85. The van der Waals surface area contributed by atoms with Crippen LogP contribution in [0.5, 0.6) is 11.5 Å². The minimum absolute atomic E-state index is 0.163. The third-order valence-electron chi connectivity index (χ3n) is 2.88. The molecule has 0 saturated heterocycles. The number of aromatic nitrogens is 3. The van der Waals surface area contributed by atoms with Gasteiger partial charge in [0, 0.05) is 18.5 Å². The highest BCUT2D eigenvalue weighted by molar-refractivity contribution is 9.10. The summed E-state index contributed by atoms with van der Waals surface area (Å²) >= 11 is 3.19. The van der Waals surface area contributed by atoms with Gasteiger partial charge in [0.2, 0.25) is 0 Å². The molecule has 20 heavy (non-hydrogen) atoms. The Morgan fingerprint density at radius 1 is 1.30 bits per heavy atom. The van der Waals surface area contributed by atoms with Gasteiger partial charge in [-0.05, 0) is 22.9 Å². The molecular weight excluding hydrogens is 326 g/mol. The maximum Gasteiger partial charge on any atom is 0.268 e. The number of halogens is 1. The second-order valence-corrected chi connectivity index (χ2v) is 4.89. The van der Waals surface area contributed by atoms with E-state index in [0.29, 0.717) is 27.5 Å². The Balaban J connectivity index is 2.51. The highest BCUT2D eigenvalue weighted by Gasteiger charge is 2.14. The second kappa shape index (κ2) is 6.04. The Kier molecular flexibility index (Phi) is 4.39. The van der Waals surface area contributed by atoms with Gasteiger partial charge in [-0.25, -0.2) is 4.98 Å². The van der Waals surface area contributed by atoms with Gasteiger partial charge in [-0.2, -0.15) is 0 Å². The van der Waals surface area contributed by atoms with E-state index in [1.54, 1.807) is 26.3 Å². The van der Waals surface area contributed by atoms with Crippen molar-refractivity contribution in [3.05, 3.63) is 44.8 Å². The number of ether oxygens (including phenoxy) is 2. The van der Waals surface area contributed by atoms with E-state index in [1.807, 2.05) is 0 Å². The van der Waals surface area contributed by atoms with Crippen LogP contribution < -0.4 is 15.0 Å². The van der Waals surface area contributed by atoms with Crippen molar-refractivity contribution in [3.63, 3.8) is 0 Å². The summed E-state index contributed by atoms with van der Waals surface area (Å²) < 4.78 is 12.5. The van der Waals surface area contributed by atoms with Crippen LogP contribution in [0.3, 0.4) is 0 Å². The Bertz CT molecular complexity index is 685. The van der Waals surface area contributed by atoms with Gasteiger partial charge in [0.25, 0.3) is 5.56 Å². The van der Waals surface area contributed by atoms with E-state index >= 15 is 0 Å². The lowest BCUT2D eigenvalue weighted by atomic mass is 10.3. The summed E-state index contributed by atoms with van der Waals surface area (Å²) in [5.41, 5.74) is 0.445. The van der Waals surface area contributed by atoms with Gasteiger partial charge >= 0.3 is 0 Å². The van der Waals surface area contributed by atoms with E-state index in [0.717, 1.165) is 0 Å². The molecule has 7 heteroatoms. The van der Waals surface area contributed by atoms with E-state index in [9.17, 15) is 4.79 Å². The molecule has 0 fully saturated rings. The smallest absolute Gasteiger partial charge is 0.268 e. The molecule has 0 unspecified atom stereocenters. The lowest BCUT2D eigenvalue weighted by Gasteiger charge is -2.13. The van der Waals surface area contributed by atoms with Crippen LogP contribution in [0.1, 0.15) is 11.5 Å². The van der Waals surface area contributed by atoms with Crippen molar-refractivity contribution in [2.45, 2.75) is 13.5 Å². The van der Waals surface area contributed by atoms with Crippen molar-refractivity contribution in [1.82, 2.24) is 14.5 Å². The molecule has 0 aliphatic carbocycles. The zero-order valence-electron chi connectivity index (χ0n) is 11.4. The van der Waals surface area contributed by atoms with Crippen LogP contribution in [0.15, 0.2) is 27.7 Å². The lowest BCUT2D eigenvalue weighted by molar-refractivity contribution is 0.348. The highest BCUT2D eigenvalue weighted by Crippen LogP contribution is 2.29. The minimum Gasteiger partial charge on any atom is -0.493 e. The summed E-state index contributed by atoms with van der Waals surface area (Å²) in [6.07, 6.45) is 3.10. The molecule has 0 aliphatic rings. The quantitative estimate of drug-likeness (QED) is 0.849. The van der Waals surface area contributed by atoms with Gasteiger partial charge in [-0.3, -0.25) is 14.3 Å². The molecule has 0 amide bonds. The third kappa shape index (κ3) is 2.67. The highest BCUT2D eigenvalue weighted by atomic mass is 79.9. The Morgan fingerprint density at radius 3 is 2.70 bits per heavy atom. The van der Waals surface area contributed by atoms with Crippen LogP contribution in [0, 0.1) is 6.92 Å². The van der Waals surface area contributed by atoms with Gasteiger partial charge < -0.3 is 9.47 Å². The topological polar surface area (TPSA) is 66.2 Å². The molecule has 2 heterocycles. The zero-order valence-corrected chi connectivity index (χ0v) is 13.0. The van der Waals surface area contributed by atoms with Crippen molar-refractivity contribution < 1.29 is 9.47 Å². The molecule has 0 bridgehead atoms. The molecule has 2 aromatic heterocycles. The summed E-state index contributed by atoms with van der Waals surface area (Å²) in [7, 11) is 3.09. The van der Waals surface area contributed by atoms with Gasteiger partial charge in [-0.15, -0.1) is 0 Å². The molecule has 2 aromatic rings. The van der Waals surface area contributed by atoms with Gasteiger partial charge in [0.1, 0.15) is 16.0 Å². The van der Waals surface area contributed by atoms with Crippen LogP contribution in [-0.4, -0.2) is 28.8 Å². The van der Waals surface area contributed by atoms with Crippen LogP contribution in [0.25, 0.3) is 0 Å². The van der Waals surface area contributed by atoms with E-state index < -0.39 is 0 Å². The maximum atomic E-state index is 12.1. The fraction of sp³-hybridized carbons (Fsp3) is 0.308. The molecule has 0 spiro atoms. The summed E-state index contributed by atoms with van der Waals surface area (Å²) in [4.78, 5) is 20.5. The molecular formula is C13H14BrN3O3. The predicted molar refractivity (Wildman–Crippen MR) is 77.4 cm³/mol. The predicted octanol–water partition coefficient (Wildman–Crippen LogP) is 1.77. The summed E-state index contributed by atoms with van der Waals surface area (Å²) in [5.74, 6) is 1.69. The first-order valence-corrected chi connectivity index (χ1v) is 6.65. The largest absolute Gasteiger partial charge is 0.493 e. The molecule has 0 saturated carbocycles. The number of aryl methyl sites for hydroxylation is 1. The first-order chi connectivity index (χ1) is 9.58. The SMILES string of the molecule is COc1ccnc(Cn2c(C)ncc(Br)c2=O)c1OC. The van der Waals surface area contributed by atoms with E-state index in [2.05, 4.69) is 25.9 Å². The Hall–Kier alpha value is -1.89. The Labute approximate surface area is 124 Å². The minimum atomic E-state index is -0.163. The monoisotopic (exact) mass is 339 g/mol. The summed E-state index contributed by atoms with van der Waals surface area (Å²) in [6.45, 7) is 2.03. The van der Waals surface area contributed by atoms with Crippen molar-refractivity contribution in [2.75, 3.05) is 14.2 Å². The summed E-state index contributed by atoms with van der Waals surface area (Å²) in [5, 5.41) is 0. The summed E-state index contributed by atoms with van der Waals surface area (Å²) in [6, 6.07) is 1.71. The van der Waals surface area contributed by atoms with Gasteiger partial charge in [0.15, 0.2) is 11.5 Å². The molecule has 106 valence electrons. The molecule has 0 atom stereocenters. The van der Waals surface area contributed by atoms with Gasteiger partial charge in [-0.1, -0.05) is 0 Å².